The Morgan fingerprint density at radius 1 is 1.14 bits per heavy atom. The first-order valence-electron chi connectivity index (χ1n) is 8.17. The summed E-state index contributed by atoms with van der Waals surface area (Å²) in [7, 11) is -1.71. The maximum absolute atomic E-state index is 6.58. The molecule has 1 unspecified atom stereocenters. The van der Waals surface area contributed by atoms with E-state index in [9.17, 15) is 0 Å². The number of hydrogen-bond acceptors (Lipinski definition) is 1. The molecule has 0 aromatic heterocycles. The van der Waals surface area contributed by atoms with Gasteiger partial charge in [-0.2, -0.15) is 0 Å². The number of rotatable bonds is 7. The van der Waals surface area contributed by atoms with Crippen molar-refractivity contribution >= 4 is 14.4 Å². The van der Waals surface area contributed by atoms with Crippen LogP contribution in [0.4, 0.5) is 0 Å². The van der Waals surface area contributed by atoms with Gasteiger partial charge in [0.15, 0.2) is 8.32 Å². The first kappa shape index (κ1) is 18.2. The summed E-state index contributed by atoms with van der Waals surface area (Å²) in [4.78, 5) is 0. The topological polar surface area (TPSA) is 9.23 Å². The van der Waals surface area contributed by atoms with E-state index in [2.05, 4.69) is 83.3 Å². The van der Waals surface area contributed by atoms with Crippen LogP contribution in [0.3, 0.4) is 0 Å². The molecule has 0 aliphatic rings. The molecule has 1 aromatic carbocycles. The summed E-state index contributed by atoms with van der Waals surface area (Å²) in [6, 6.07) is 10.5. The molecule has 0 N–H and O–H groups in total. The van der Waals surface area contributed by atoms with Crippen LogP contribution in [0, 0.1) is 0 Å². The first-order chi connectivity index (χ1) is 9.76. The summed E-state index contributed by atoms with van der Waals surface area (Å²) in [5.41, 5.74) is 1.25. The van der Waals surface area contributed by atoms with Crippen molar-refractivity contribution in [3.63, 3.8) is 0 Å². The highest BCUT2D eigenvalue weighted by Crippen LogP contribution is 2.38. The molecule has 0 bridgehead atoms. The van der Waals surface area contributed by atoms with E-state index in [-0.39, 0.29) is 11.1 Å². The SMILES string of the molecule is CCCCC(/C=C/c1ccccc1)O[Si](C)(C)C(C)(C)C. The van der Waals surface area contributed by atoms with Gasteiger partial charge in [0.2, 0.25) is 0 Å². The van der Waals surface area contributed by atoms with Crippen molar-refractivity contribution < 1.29 is 4.43 Å². The number of benzene rings is 1. The Morgan fingerprint density at radius 2 is 1.76 bits per heavy atom. The smallest absolute Gasteiger partial charge is 0.192 e. The molecule has 0 heterocycles. The van der Waals surface area contributed by atoms with E-state index in [1.54, 1.807) is 0 Å². The third kappa shape index (κ3) is 6.19. The molecule has 0 saturated carbocycles. The van der Waals surface area contributed by atoms with Crippen LogP contribution >= 0.6 is 0 Å². The number of hydrogen-bond donors (Lipinski definition) is 0. The van der Waals surface area contributed by atoms with E-state index >= 15 is 0 Å². The molecule has 0 radical (unpaired) electrons. The van der Waals surface area contributed by atoms with Crippen LogP contribution < -0.4 is 0 Å². The summed E-state index contributed by atoms with van der Waals surface area (Å²) in [6.07, 6.45) is 8.26. The molecule has 0 aliphatic heterocycles. The van der Waals surface area contributed by atoms with E-state index in [0.29, 0.717) is 0 Å². The Bertz CT molecular complexity index is 429. The maximum Gasteiger partial charge on any atom is 0.192 e. The standard InChI is InChI=1S/C19H32OSi/c1-7-8-14-18(20-21(5,6)19(2,3)4)16-15-17-12-10-9-11-13-17/h9-13,15-16,18H,7-8,14H2,1-6H3/b16-15+. The van der Waals surface area contributed by atoms with Crippen molar-refractivity contribution in [2.24, 2.45) is 0 Å². The van der Waals surface area contributed by atoms with Crippen molar-refractivity contribution in [2.45, 2.75) is 71.2 Å². The van der Waals surface area contributed by atoms with Crippen molar-refractivity contribution in [1.29, 1.82) is 0 Å². The second-order valence-electron chi connectivity index (χ2n) is 7.33. The van der Waals surface area contributed by atoms with Crippen LogP contribution in [0.2, 0.25) is 18.1 Å². The number of unbranched alkanes of at least 4 members (excludes halogenated alkanes) is 1. The molecule has 1 nitrogen and oxygen atoms in total. The molecule has 1 rings (SSSR count). The van der Waals surface area contributed by atoms with Crippen LogP contribution in [-0.4, -0.2) is 14.4 Å². The molecule has 1 aromatic rings. The summed E-state index contributed by atoms with van der Waals surface area (Å²) in [5.74, 6) is 0. The second-order valence-corrected chi connectivity index (χ2v) is 12.1. The molecule has 0 amide bonds. The van der Waals surface area contributed by atoms with Crippen LogP contribution in [0.1, 0.15) is 52.5 Å². The predicted octanol–water partition coefficient (Wildman–Crippen LogP) is 6.28. The lowest BCUT2D eigenvalue weighted by Crippen LogP contribution is -2.43. The molecule has 118 valence electrons. The summed E-state index contributed by atoms with van der Waals surface area (Å²) < 4.78 is 6.58. The van der Waals surface area contributed by atoms with Gasteiger partial charge in [0.05, 0.1) is 6.10 Å². The largest absolute Gasteiger partial charge is 0.411 e. The summed E-state index contributed by atoms with van der Waals surface area (Å²) in [6.45, 7) is 13.8. The molecular weight excluding hydrogens is 272 g/mol. The van der Waals surface area contributed by atoms with Crippen LogP contribution in [0.15, 0.2) is 36.4 Å². The normalized spacial score (nSPS) is 14.6. The zero-order valence-corrected chi connectivity index (χ0v) is 15.6. The molecule has 0 fully saturated rings. The van der Waals surface area contributed by atoms with Gasteiger partial charge in [0.1, 0.15) is 0 Å². The van der Waals surface area contributed by atoms with E-state index in [0.717, 1.165) is 6.42 Å². The highest BCUT2D eigenvalue weighted by atomic mass is 28.4. The Kier molecular flexibility index (Phi) is 6.89. The summed E-state index contributed by atoms with van der Waals surface area (Å²) in [5, 5.41) is 0.262. The Morgan fingerprint density at radius 3 is 2.29 bits per heavy atom. The molecule has 0 aliphatic carbocycles. The van der Waals surface area contributed by atoms with Gasteiger partial charge in [0, 0.05) is 0 Å². The zero-order valence-electron chi connectivity index (χ0n) is 14.6. The Balaban J connectivity index is 2.79. The molecule has 1 atom stereocenters. The average molecular weight is 305 g/mol. The minimum absolute atomic E-state index is 0.242. The van der Waals surface area contributed by atoms with E-state index in [1.807, 2.05) is 0 Å². The fraction of sp³-hybridized carbons (Fsp3) is 0.579. The molecule has 2 heteroatoms. The third-order valence-electron chi connectivity index (χ3n) is 4.40. The highest BCUT2D eigenvalue weighted by Gasteiger charge is 2.38. The summed E-state index contributed by atoms with van der Waals surface area (Å²) >= 11 is 0. The van der Waals surface area contributed by atoms with Gasteiger partial charge >= 0.3 is 0 Å². The van der Waals surface area contributed by atoms with Crippen molar-refractivity contribution in [3.8, 4) is 0 Å². The highest BCUT2D eigenvalue weighted by molar-refractivity contribution is 6.74. The van der Waals surface area contributed by atoms with Gasteiger partial charge in [-0.1, -0.05) is 83.0 Å². The van der Waals surface area contributed by atoms with Crippen LogP contribution in [0.5, 0.6) is 0 Å². The predicted molar refractivity (Wildman–Crippen MR) is 97.1 cm³/mol. The lowest BCUT2D eigenvalue weighted by Gasteiger charge is -2.38. The van der Waals surface area contributed by atoms with E-state index < -0.39 is 8.32 Å². The first-order valence-corrected chi connectivity index (χ1v) is 11.1. The van der Waals surface area contributed by atoms with Gasteiger partial charge in [-0.3, -0.25) is 0 Å². The van der Waals surface area contributed by atoms with E-state index in [1.165, 1.54) is 18.4 Å². The fourth-order valence-electron chi connectivity index (χ4n) is 1.94. The Labute approximate surface area is 132 Å². The quantitative estimate of drug-likeness (QED) is 0.539. The Hall–Kier alpha value is -0.863. The van der Waals surface area contributed by atoms with Crippen molar-refractivity contribution in [1.82, 2.24) is 0 Å². The van der Waals surface area contributed by atoms with Crippen molar-refractivity contribution in [2.75, 3.05) is 0 Å². The third-order valence-corrected chi connectivity index (χ3v) is 8.90. The van der Waals surface area contributed by atoms with Gasteiger partial charge < -0.3 is 4.43 Å². The minimum Gasteiger partial charge on any atom is -0.411 e. The van der Waals surface area contributed by atoms with Crippen LogP contribution in [0.25, 0.3) is 6.08 Å². The monoisotopic (exact) mass is 304 g/mol. The molecule has 21 heavy (non-hydrogen) atoms. The molecule has 0 saturated heterocycles. The lowest BCUT2D eigenvalue weighted by atomic mass is 10.1. The molecular formula is C19H32OSi. The van der Waals surface area contributed by atoms with Gasteiger partial charge in [-0.25, -0.2) is 0 Å². The van der Waals surface area contributed by atoms with Gasteiger partial charge in [-0.05, 0) is 30.1 Å². The maximum atomic E-state index is 6.58. The van der Waals surface area contributed by atoms with Gasteiger partial charge in [-0.15, -0.1) is 0 Å². The minimum atomic E-state index is -1.71. The van der Waals surface area contributed by atoms with Crippen molar-refractivity contribution in [3.05, 3.63) is 42.0 Å². The second kappa shape index (κ2) is 7.95. The van der Waals surface area contributed by atoms with E-state index in [4.69, 9.17) is 4.43 Å². The van der Waals surface area contributed by atoms with Crippen LogP contribution in [-0.2, 0) is 4.43 Å². The fourth-order valence-corrected chi connectivity index (χ4v) is 3.24. The van der Waals surface area contributed by atoms with Gasteiger partial charge in [0.25, 0.3) is 0 Å². The zero-order chi connectivity index (χ0) is 15.9. The average Bonchev–Trinajstić information content (AvgIpc) is 2.41. The molecule has 0 spiro atoms. The lowest BCUT2D eigenvalue weighted by molar-refractivity contribution is 0.212.